The fourth-order valence-electron chi connectivity index (χ4n) is 3.37. The minimum absolute atomic E-state index is 0.269. The number of phenols is 2. The lowest BCUT2D eigenvalue weighted by Gasteiger charge is -2.19. The molecular formula is C29H25NO2. The molecule has 4 aromatic carbocycles. The van der Waals surface area contributed by atoms with Crippen molar-refractivity contribution < 1.29 is 10.2 Å². The molecule has 0 aliphatic heterocycles. The summed E-state index contributed by atoms with van der Waals surface area (Å²) in [6.07, 6.45) is 8.11. The number of aromatic hydroxyl groups is 2. The molecule has 0 aromatic heterocycles. The highest BCUT2D eigenvalue weighted by molar-refractivity contribution is 5.73. The highest BCUT2D eigenvalue weighted by Crippen LogP contribution is 2.25. The third kappa shape index (κ3) is 5.46. The summed E-state index contributed by atoms with van der Waals surface area (Å²) in [5, 5.41) is 18.9. The van der Waals surface area contributed by atoms with Gasteiger partial charge in [0.15, 0.2) is 0 Å². The summed E-state index contributed by atoms with van der Waals surface area (Å²) in [4.78, 5) is 2.15. The van der Waals surface area contributed by atoms with E-state index < -0.39 is 0 Å². The van der Waals surface area contributed by atoms with Gasteiger partial charge in [-0.05, 0) is 70.8 Å². The Bertz CT molecular complexity index is 1220. The standard InChI is InChI=1S/C29H25NO2/c1-30(26-15-9-22(10-16-26)5-6-24-13-19-28(31)20-14-24)27-17-11-23(12-18-27)7-8-25-3-2-4-29(32)21-25/h2-21,31-32H,1H3. The molecule has 32 heavy (non-hydrogen) atoms. The van der Waals surface area contributed by atoms with Crippen LogP contribution in [0.15, 0.2) is 97.1 Å². The number of nitrogens with zero attached hydrogens (tertiary/aromatic N) is 1. The van der Waals surface area contributed by atoms with Crippen LogP contribution in [0.3, 0.4) is 0 Å². The van der Waals surface area contributed by atoms with Crippen LogP contribution in [0.25, 0.3) is 24.3 Å². The first-order chi connectivity index (χ1) is 15.6. The third-order valence-corrected chi connectivity index (χ3v) is 5.26. The van der Waals surface area contributed by atoms with Gasteiger partial charge in [-0.1, -0.05) is 72.8 Å². The second-order valence-corrected chi connectivity index (χ2v) is 7.60. The first-order valence-electron chi connectivity index (χ1n) is 10.4. The summed E-state index contributed by atoms with van der Waals surface area (Å²) in [7, 11) is 2.05. The first kappa shape index (κ1) is 21.0. The number of rotatable bonds is 6. The monoisotopic (exact) mass is 419 g/mol. The molecule has 3 heteroatoms. The average Bonchev–Trinajstić information content (AvgIpc) is 2.83. The van der Waals surface area contributed by atoms with Crippen LogP contribution < -0.4 is 4.90 Å². The van der Waals surface area contributed by atoms with E-state index in [-0.39, 0.29) is 11.5 Å². The van der Waals surface area contributed by atoms with Crippen LogP contribution in [0.2, 0.25) is 0 Å². The Morgan fingerprint density at radius 3 is 1.41 bits per heavy atom. The van der Waals surface area contributed by atoms with Gasteiger partial charge in [0.2, 0.25) is 0 Å². The normalized spacial score (nSPS) is 11.3. The largest absolute Gasteiger partial charge is 0.508 e. The minimum atomic E-state index is 0.269. The molecule has 3 nitrogen and oxygen atoms in total. The van der Waals surface area contributed by atoms with Gasteiger partial charge < -0.3 is 15.1 Å². The molecular weight excluding hydrogens is 394 g/mol. The predicted octanol–water partition coefficient (Wildman–Crippen LogP) is 7.21. The molecule has 0 bridgehead atoms. The van der Waals surface area contributed by atoms with Crippen molar-refractivity contribution >= 4 is 35.7 Å². The molecule has 4 aromatic rings. The van der Waals surface area contributed by atoms with E-state index in [0.29, 0.717) is 0 Å². The van der Waals surface area contributed by atoms with E-state index in [9.17, 15) is 10.2 Å². The molecule has 0 fully saturated rings. The fraction of sp³-hybridized carbons (Fsp3) is 0.0345. The van der Waals surface area contributed by atoms with E-state index in [1.165, 1.54) is 0 Å². The quantitative estimate of drug-likeness (QED) is 0.325. The number of benzene rings is 4. The second kappa shape index (κ2) is 9.71. The van der Waals surface area contributed by atoms with E-state index in [2.05, 4.69) is 66.6 Å². The highest BCUT2D eigenvalue weighted by atomic mass is 16.3. The molecule has 0 saturated carbocycles. The molecule has 0 heterocycles. The van der Waals surface area contributed by atoms with Crippen molar-refractivity contribution in [1.29, 1.82) is 0 Å². The van der Waals surface area contributed by atoms with Gasteiger partial charge in [-0.15, -0.1) is 0 Å². The van der Waals surface area contributed by atoms with Gasteiger partial charge in [-0.25, -0.2) is 0 Å². The van der Waals surface area contributed by atoms with E-state index in [0.717, 1.165) is 33.6 Å². The van der Waals surface area contributed by atoms with Crippen LogP contribution in [0.4, 0.5) is 11.4 Å². The van der Waals surface area contributed by atoms with Gasteiger partial charge in [-0.2, -0.15) is 0 Å². The van der Waals surface area contributed by atoms with Crippen molar-refractivity contribution in [2.45, 2.75) is 0 Å². The maximum Gasteiger partial charge on any atom is 0.116 e. The molecule has 0 saturated heterocycles. The predicted molar refractivity (Wildman–Crippen MR) is 135 cm³/mol. The van der Waals surface area contributed by atoms with E-state index in [1.807, 2.05) is 42.5 Å². The lowest BCUT2D eigenvalue weighted by molar-refractivity contribution is 0.474. The summed E-state index contributed by atoms with van der Waals surface area (Å²) in [6.45, 7) is 0. The van der Waals surface area contributed by atoms with Crippen LogP contribution in [0.5, 0.6) is 11.5 Å². The summed E-state index contributed by atoms with van der Waals surface area (Å²) >= 11 is 0. The number of anilines is 2. The Balaban J connectivity index is 1.41. The fourth-order valence-corrected chi connectivity index (χ4v) is 3.37. The van der Waals surface area contributed by atoms with E-state index in [4.69, 9.17) is 0 Å². The van der Waals surface area contributed by atoms with E-state index in [1.54, 1.807) is 24.3 Å². The van der Waals surface area contributed by atoms with Crippen LogP contribution >= 0.6 is 0 Å². The van der Waals surface area contributed by atoms with Gasteiger partial charge in [0, 0.05) is 18.4 Å². The SMILES string of the molecule is CN(c1ccc(C=Cc2ccc(O)cc2)cc1)c1ccc(C=Cc2cccc(O)c2)cc1. The Kier molecular flexibility index (Phi) is 6.38. The number of phenolic OH excluding ortho intramolecular Hbond substituents is 2. The van der Waals surface area contributed by atoms with Crippen LogP contribution in [0.1, 0.15) is 22.3 Å². The highest BCUT2D eigenvalue weighted by Gasteiger charge is 2.03. The van der Waals surface area contributed by atoms with Crippen LogP contribution in [0, 0.1) is 0 Å². The maximum absolute atomic E-state index is 9.57. The van der Waals surface area contributed by atoms with Crippen molar-refractivity contribution in [3.05, 3.63) is 119 Å². The smallest absolute Gasteiger partial charge is 0.116 e. The molecule has 0 unspecified atom stereocenters. The second-order valence-electron chi connectivity index (χ2n) is 7.60. The zero-order valence-corrected chi connectivity index (χ0v) is 17.9. The van der Waals surface area contributed by atoms with Gasteiger partial charge in [0.25, 0.3) is 0 Å². The minimum Gasteiger partial charge on any atom is -0.508 e. The molecule has 4 rings (SSSR count). The Morgan fingerprint density at radius 1 is 0.500 bits per heavy atom. The van der Waals surface area contributed by atoms with E-state index >= 15 is 0 Å². The molecule has 158 valence electrons. The zero-order chi connectivity index (χ0) is 22.3. The van der Waals surface area contributed by atoms with Gasteiger partial charge in [0.05, 0.1) is 0 Å². The maximum atomic E-state index is 9.57. The zero-order valence-electron chi connectivity index (χ0n) is 17.9. The molecule has 0 atom stereocenters. The summed E-state index contributed by atoms with van der Waals surface area (Å²) in [6, 6.07) is 31.1. The molecule has 0 amide bonds. The number of hydrogen-bond acceptors (Lipinski definition) is 3. The van der Waals surface area contributed by atoms with Crippen molar-refractivity contribution in [2.24, 2.45) is 0 Å². The first-order valence-corrected chi connectivity index (χ1v) is 10.4. The molecule has 2 N–H and O–H groups in total. The van der Waals surface area contributed by atoms with Crippen LogP contribution in [-0.2, 0) is 0 Å². The van der Waals surface area contributed by atoms with Gasteiger partial charge >= 0.3 is 0 Å². The summed E-state index contributed by atoms with van der Waals surface area (Å²) < 4.78 is 0. The third-order valence-electron chi connectivity index (χ3n) is 5.26. The Morgan fingerprint density at radius 2 is 0.938 bits per heavy atom. The van der Waals surface area contributed by atoms with Gasteiger partial charge in [-0.3, -0.25) is 0 Å². The van der Waals surface area contributed by atoms with Crippen LogP contribution in [-0.4, -0.2) is 17.3 Å². The lowest BCUT2D eigenvalue weighted by Crippen LogP contribution is -2.08. The Labute approximate surface area is 188 Å². The topological polar surface area (TPSA) is 43.7 Å². The van der Waals surface area contributed by atoms with Crippen molar-refractivity contribution in [3.63, 3.8) is 0 Å². The molecule has 0 aliphatic carbocycles. The summed E-state index contributed by atoms with van der Waals surface area (Å²) in [5.74, 6) is 0.543. The Hall–Kier alpha value is -4.24. The van der Waals surface area contributed by atoms with Crippen molar-refractivity contribution in [1.82, 2.24) is 0 Å². The molecule has 0 aliphatic rings. The lowest BCUT2D eigenvalue weighted by atomic mass is 10.1. The number of hydrogen-bond donors (Lipinski definition) is 2. The van der Waals surface area contributed by atoms with Crippen molar-refractivity contribution in [3.8, 4) is 11.5 Å². The van der Waals surface area contributed by atoms with Gasteiger partial charge in [0.1, 0.15) is 11.5 Å². The average molecular weight is 420 g/mol. The molecule has 0 spiro atoms. The summed E-state index contributed by atoms with van der Waals surface area (Å²) in [5.41, 5.74) is 6.43. The van der Waals surface area contributed by atoms with Crippen molar-refractivity contribution in [2.75, 3.05) is 11.9 Å². The molecule has 0 radical (unpaired) electrons.